The SMILES string of the molecule is CC(C)C(C)NC(=O)[C@H](N)C(C)(C)C. The molecule has 3 N–H and O–H groups in total. The van der Waals surface area contributed by atoms with E-state index < -0.39 is 6.04 Å². The molecule has 3 nitrogen and oxygen atoms in total. The normalized spacial score (nSPS) is 16.6. The predicted octanol–water partition coefficient (Wildman–Crippen LogP) is 1.52. The van der Waals surface area contributed by atoms with E-state index in [1.807, 2.05) is 27.7 Å². The third-order valence-corrected chi connectivity index (χ3v) is 2.59. The van der Waals surface area contributed by atoms with Crippen LogP contribution in [-0.4, -0.2) is 18.0 Å². The minimum absolute atomic E-state index is 0.0568. The first-order chi connectivity index (χ1) is 6.16. The van der Waals surface area contributed by atoms with Gasteiger partial charge in [0.1, 0.15) is 0 Å². The molecule has 14 heavy (non-hydrogen) atoms. The minimum atomic E-state index is -0.441. The smallest absolute Gasteiger partial charge is 0.237 e. The molecule has 1 amide bonds. The van der Waals surface area contributed by atoms with Crippen molar-refractivity contribution >= 4 is 5.91 Å². The van der Waals surface area contributed by atoms with Crippen molar-refractivity contribution in [2.45, 2.75) is 53.6 Å². The molecular weight excluding hydrogens is 176 g/mol. The van der Waals surface area contributed by atoms with Gasteiger partial charge in [-0.15, -0.1) is 0 Å². The highest BCUT2D eigenvalue weighted by Gasteiger charge is 2.28. The van der Waals surface area contributed by atoms with E-state index in [4.69, 9.17) is 5.73 Å². The maximum Gasteiger partial charge on any atom is 0.237 e. The summed E-state index contributed by atoms with van der Waals surface area (Å²) < 4.78 is 0. The van der Waals surface area contributed by atoms with E-state index >= 15 is 0 Å². The Balaban J connectivity index is 4.23. The number of nitrogens with two attached hydrogens (primary N) is 1. The van der Waals surface area contributed by atoms with E-state index in [0.717, 1.165) is 0 Å². The topological polar surface area (TPSA) is 55.1 Å². The summed E-state index contributed by atoms with van der Waals surface area (Å²) in [7, 11) is 0. The van der Waals surface area contributed by atoms with Crippen LogP contribution in [0.25, 0.3) is 0 Å². The van der Waals surface area contributed by atoms with Crippen molar-refractivity contribution in [3.05, 3.63) is 0 Å². The first-order valence-electron chi connectivity index (χ1n) is 5.22. The summed E-state index contributed by atoms with van der Waals surface area (Å²) in [4.78, 5) is 11.7. The molecule has 1 unspecified atom stereocenters. The molecule has 0 fully saturated rings. The molecule has 0 aliphatic rings. The van der Waals surface area contributed by atoms with Gasteiger partial charge in [-0.3, -0.25) is 4.79 Å². The Morgan fingerprint density at radius 2 is 1.64 bits per heavy atom. The van der Waals surface area contributed by atoms with E-state index in [9.17, 15) is 4.79 Å². The second-order valence-corrected chi connectivity index (χ2v) is 5.38. The van der Waals surface area contributed by atoms with E-state index in [2.05, 4.69) is 19.2 Å². The van der Waals surface area contributed by atoms with Crippen molar-refractivity contribution < 1.29 is 4.79 Å². The summed E-state index contributed by atoms with van der Waals surface area (Å²) in [5, 5.41) is 2.92. The summed E-state index contributed by atoms with van der Waals surface area (Å²) in [5.41, 5.74) is 5.65. The van der Waals surface area contributed by atoms with Gasteiger partial charge in [0.2, 0.25) is 5.91 Å². The molecule has 84 valence electrons. The Labute approximate surface area is 87.4 Å². The third kappa shape index (κ3) is 4.09. The number of amides is 1. The number of hydrogen-bond acceptors (Lipinski definition) is 2. The van der Waals surface area contributed by atoms with Gasteiger partial charge in [0.05, 0.1) is 6.04 Å². The lowest BCUT2D eigenvalue weighted by atomic mass is 9.86. The van der Waals surface area contributed by atoms with Gasteiger partial charge in [-0.05, 0) is 18.3 Å². The maximum absolute atomic E-state index is 11.7. The largest absolute Gasteiger partial charge is 0.352 e. The lowest BCUT2D eigenvalue weighted by Crippen LogP contribution is -2.51. The highest BCUT2D eigenvalue weighted by Crippen LogP contribution is 2.17. The number of carbonyl (C=O) groups excluding carboxylic acids is 1. The summed E-state index contributed by atoms with van der Waals surface area (Å²) in [6.45, 7) is 12.1. The van der Waals surface area contributed by atoms with Crippen LogP contribution in [0.2, 0.25) is 0 Å². The van der Waals surface area contributed by atoms with Crippen molar-refractivity contribution in [3.63, 3.8) is 0 Å². The second-order valence-electron chi connectivity index (χ2n) is 5.38. The van der Waals surface area contributed by atoms with Crippen LogP contribution in [0.5, 0.6) is 0 Å². The average Bonchev–Trinajstić information content (AvgIpc) is 2.00. The Bertz CT molecular complexity index is 194. The van der Waals surface area contributed by atoms with Gasteiger partial charge in [-0.2, -0.15) is 0 Å². The first kappa shape index (κ1) is 13.4. The van der Waals surface area contributed by atoms with Gasteiger partial charge in [0, 0.05) is 6.04 Å². The molecule has 0 heterocycles. The van der Waals surface area contributed by atoms with Crippen LogP contribution in [-0.2, 0) is 4.79 Å². The van der Waals surface area contributed by atoms with Crippen molar-refractivity contribution in [1.82, 2.24) is 5.32 Å². The molecule has 0 saturated heterocycles. The van der Waals surface area contributed by atoms with E-state index in [0.29, 0.717) is 5.92 Å². The van der Waals surface area contributed by atoms with Crippen LogP contribution in [0.1, 0.15) is 41.5 Å². The Morgan fingerprint density at radius 1 is 1.21 bits per heavy atom. The number of rotatable bonds is 3. The van der Waals surface area contributed by atoms with Gasteiger partial charge in [-0.25, -0.2) is 0 Å². The maximum atomic E-state index is 11.7. The monoisotopic (exact) mass is 200 g/mol. The first-order valence-corrected chi connectivity index (χ1v) is 5.22. The summed E-state index contributed by atoms with van der Waals surface area (Å²) in [6.07, 6.45) is 0. The molecule has 0 radical (unpaired) electrons. The van der Waals surface area contributed by atoms with Crippen LogP contribution in [0, 0.1) is 11.3 Å². The number of nitrogens with one attached hydrogen (secondary N) is 1. The van der Waals surface area contributed by atoms with Gasteiger partial charge in [-0.1, -0.05) is 34.6 Å². The number of hydrogen-bond donors (Lipinski definition) is 2. The van der Waals surface area contributed by atoms with Crippen LogP contribution in [0.3, 0.4) is 0 Å². The molecule has 3 heteroatoms. The molecule has 2 atom stereocenters. The third-order valence-electron chi connectivity index (χ3n) is 2.59. The fourth-order valence-corrected chi connectivity index (χ4v) is 0.874. The molecule has 0 aromatic heterocycles. The van der Waals surface area contributed by atoms with Crippen LogP contribution < -0.4 is 11.1 Å². The molecule has 0 bridgehead atoms. The highest BCUT2D eigenvalue weighted by atomic mass is 16.2. The van der Waals surface area contributed by atoms with Crippen molar-refractivity contribution in [2.75, 3.05) is 0 Å². The average molecular weight is 200 g/mol. The number of carbonyl (C=O) groups is 1. The van der Waals surface area contributed by atoms with Gasteiger partial charge in [0.15, 0.2) is 0 Å². The van der Waals surface area contributed by atoms with E-state index in [1.54, 1.807) is 0 Å². The molecule has 0 rings (SSSR count). The summed E-state index contributed by atoms with van der Waals surface area (Å²) >= 11 is 0. The summed E-state index contributed by atoms with van der Waals surface area (Å²) in [6, 6.07) is -0.264. The molecule has 0 aromatic carbocycles. The summed E-state index contributed by atoms with van der Waals surface area (Å²) in [5.74, 6) is 0.379. The van der Waals surface area contributed by atoms with Crippen molar-refractivity contribution in [1.29, 1.82) is 0 Å². The van der Waals surface area contributed by atoms with Crippen LogP contribution in [0.4, 0.5) is 0 Å². The standard InChI is InChI=1S/C11H24N2O/c1-7(2)8(3)13-10(14)9(12)11(4,5)6/h7-9H,12H2,1-6H3,(H,13,14)/t8?,9-/m0/s1. The Hall–Kier alpha value is -0.570. The van der Waals surface area contributed by atoms with Crippen molar-refractivity contribution in [2.24, 2.45) is 17.1 Å². The zero-order chi connectivity index (χ0) is 11.5. The molecule has 0 aromatic rings. The molecular formula is C11H24N2O. The zero-order valence-electron chi connectivity index (χ0n) is 10.2. The minimum Gasteiger partial charge on any atom is -0.352 e. The van der Waals surface area contributed by atoms with Gasteiger partial charge >= 0.3 is 0 Å². The molecule has 0 spiro atoms. The van der Waals surface area contributed by atoms with E-state index in [-0.39, 0.29) is 17.4 Å². The van der Waals surface area contributed by atoms with Crippen LogP contribution >= 0.6 is 0 Å². The quantitative estimate of drug-likeness (QED) is 0.725. The fraction of sp³-hybridized carbons (Fsp3) is 0.909. The fourth-order valence-electron chi connectivity index (χ4n) is 0.874. The lowest BCUT2D eigenvalue weighted by molar-refractivity contribution is -0.125. The van der Waals surface area contributed by atoms with Gasteiger partial charge < -0.3 is 11.1 Å². The lowest BCUT2D eigenvalue weighted by Gasteiger charge is -2.28. The Morgan fingerprint density at radius 3 is 1.93 bits per heavy atom. The Kier molecular flexibility index (Phi) is 4.59. The highest BCUT2D eigenvalue weighted by molar-refractivity contribution is 5.82. The predicted molar refractivity (Wildman–Crippen MR) is 59.9 cm³/mol. The zero-order valence-corrected chi connectivity index (χ0v) is 10.2. The molecule has 0 aliphatic carbocycles. The van der Waals surface area contributed by atoms with Crippen LogP contribution in [0.15, 0.2) is 0 Å². The molecule has 0 saturated carbocycles. The van der Waals surface area contributed by atoms with E-state index in [1.165, 1.54) is 0 Å². The second kappa shape index (κ2) is 4.78. The molecule has 0 aliphatic heterocycles. The van der Waals surface area contributed by atoms with Gasteiger partial charge in [0.25, 0.3) is 0 Å². The van der Waals surface area contributed by atoms with Crippen molar-refractivity contribution in [3.8, 4) is 0 Å².